The monoisotopic (exact) mass is 643 g/mol. The molecule has 0 radical (unpaired) electrons. The second kappa shape index (κ2) is 12.4. The largest absolute Gasteiger partial charge is 0.208 e. The Balaban J connectivity index is 1.19. The van der Waals surface area contributed by atoms with E-state index in [1.807, 2.05) is 18.2 Å². The maximum Gasteiger partial charge on any atom is 0.165 e. The van der Waals surface area contributed by atoms with E-state index in [1.54, 1.807) is 11.3 Å². The third-order valence-electron chi connectivity index (χ3n) is 8.96. The summed E-state index contributed by atoms with van der Waals surface area (Å²) < 4.78 is 2.43. The van der Waals surface area contributed by atoms with Crippen LogP contribution in [0.5, 0.6) is 0 Å². The highest BCUT2D eigenvalue weighted by atomic mass is 32.1. The summed E-state index contributed by atoms with van der Waals surface area (Å²) in [6.07, 6.45) is 0. The van der Waals surface area contributed by atoms with E-state index in [-0.39, 0.29) is 0 Å². The lowest BCUT2D eigenvalue weighted by Gasteiger charge is -2.13. The lowest BCUT2D eigenvalue weighted by atomic mass is 9.94. The Hall–Kier alpha value is -6.23. The van der Waals surface area contributed by atoms with Gasteiger partial charge in [-0.2, -0.15) is 0 Å². The van der Waals surface area contributed by atoms with Crippen molar-refractivity contribution < 1.29 is 0 Å². The van der Waals surface area contributed by atoms with Crippen molar-refractivity contribution in [2.24, 2.45) is 0 Å². The fourth-order valence-corrected chi connectivity index (χ4v) is 7.77. The maximum atomic E-state index is 5.22. The number of rotatable bonds is 6. The summed E-state index contributed by atoms with van der Waals surface area (Å²) in [6.45, 7) is 0. The molecule has 0 spiro atoms. The number of hydrogen-bond donors (Lipinski definition) is 0. The van der Waals surface area contributed by atoms with Crippen LogP contribution in [0, 0.1) is 0 Å². The summed E-state index contributed by atoms with van der Waals surface area (Å²) in [6, 6.07) is 61.6. The van der Waals surface area contributed by atoms with Crippen molar-refractivity contribution in [3.05, 3.63) is 176 Å². The van der Waals surface area contributed by atoms with E-state index in [4.69, 9.17) is 15.0 Å². The minimum absolute atomic E-state index is 0.647. The molecule has 3 nitrogen and oxygen atoms in total. The number of aromatic nitrogens is 3. The van der Waals surface area contributed by atoms with E-state index in [1.165, 1.54) is 36.9 Å². The molecule has 0 unspecified atom stereocenters. The maximum absolute atomic E-state index is 5.22. The van der Waals surface area contributed by atoms with E-state index in [9.17, 15) is 0 Å². The van der Waals surface area contributed by atoms with Crippen LogP contribution in [0.2, 0.25) is 0 Å². The molecule has 0 N–H and O–H groups in total. The molecule has 230 valence electrons. The molecule has 0 saturated carbocycles. The molecule has 49 heavy (non-hydrogen) atoms. The Morgan fingerprint density at radius 1 is 0.306 bits per heavy atom. The van der Waals surface area contributed by atoms with Crippen LogP contribution in [0.1, 0.15) is 0 Å². The molecule has 9 aromatic rings. The summed E-state index contributed by atoms with van der Waals surface area (Å²) >= 11 is 1.79. The van der Waals surface area contributed by atoms with Crippen molar-refractivity contribution >= 4 is 31.5 Å². The van der Waals surface area contributed by atoms with Gasteiger partial charge >= 0.3 is 0 Å². The molecule has 4 heteroatoms. The lowest BCUT2D eigenvalue weighted by Crippen LogP contribution is -2.01. The van der Waals surface area contributed by atoms with Crippen LogP contribution in [0.4, 0.5) is 0 Å². The molecular formula is C45H29N3S. The molecule has 0 atom stereocenters. The Morgan fingerprint density at radius 2 is 0.776 bits per heavy atom. The topological polar surface area (TPSA) is 38.7 Å². The second-order valence-corrected chi connectivity index (χ2v) is 13.1. The van der Waals surface area contributed by atoms with Crippen molar-refractivity contribution in [2.45, 2.75) is 0 Å². The molecule has 0 bridgehead atoms. The van der Waals surface area contributed by atoms with E-state index >= 15 is 0 Å². The zero-order valence-electron chi connectivity index (χ0n) is 26.5. The first kappa shape index (κ1) is 29.0. The number of hydrogen-bond acceptors (Lipinski definition) is 4. The van der Waals surface area contributed by atoms with Crippen LogP contribution in [0.15, 0.2) is 176 Å². The first-order valence-electron chi connectivity index (χ1n) is 16.4. The minimum atomic E-state index is 0.647. The van der Waals surface area contributed by atoms with Gasteiger partial charge in [-0.25, -0.2) is 15.0 Å². The first-order chi connectivity index (χ1) is 24.3. The minimum Gasteiger partial charge on any atom is -0.208 e. The van der Waals surface area contributed by atoms with Gasteiger partial charge < -0.3 is 0 Å². The normalized spacial score (nSPS) is 11.3. The van der Waals surface area contributed by atoms with Crippen molar-refractivity contribution in [1.29, 1.82) is 0 Å². The summed E-state index contributed by atoms with van der Waals surface area (Å²) in [5.41, 5.74) is 9.83. The molecule has 7 aromatic carbocycles. The van der Waals surface area contributed by atoms with Crippen LogP contribution < -0.4 is 0 Å². The van der Waals surface area contributed by atoms with Crippen LogP contribution in [0.3, 0.4) is 0 Å². The number of nitrogens with zero attached hydrogens (tertiary/aromatic N) is 3. The van der Waals surface area contributed by atoms with Gasteiger partial charge in [0.25, 0.3) is 0 Å². The van der Waals surface area contributed by atoms with Gasteiger partial charge in [-0.15, -0.1) is 11.3 Å². The predicted molar refractivity (Wildman–Crippen MR) is 205 cm³/mol. The highest BCUT2D eigenvalue weighted by Gasteiger charge is 2.18. The molecule has 2 aromatic heterocycles. The molecule has 9 rings (SSSR count). The van der Waals surface area contributed by atoms with Gasteiger partial charge in [0.15, 0.2) is 17.5 Å². The van der Waals surface area contributed by atoms with Crippen molar-refractivity contribution in [3.63, 3.8) is 0 Å². The number of thiophene rings is 1. The van der Waals surface area contributed by atoms with E-state index in [2.05, 4.69) is 158 Å². The van der Waals surface area contributed by atoms with Gasteiger partial charge in [-0.1, -0.05) is 152 Å². The summed E-state index contributed by atoms with van der Waals surface area (Å²) in [7, 11) is 0. The van der Waals surface area contributed by atoms with E-state index in [0.29, 0.717) is 17.5 Å². The fraction of sp³-hybridized carbons (Fsp3) is 0. The van der Waals surface area contributed by atoms with Gasteiger partial charge in [0, 0.05) is 36.9 Å². The smallest absolute Gasteiger partial charge is 0.165 e. The van der Waals surface area contributed by atoms with Crippen molar-refractivity contribution in [2.75, 3.05) is 0 Å². The van der Waals surface area contributed by atoms with Crippen molar-refractivity contribution in [1.82, 2.24) is 15.0 Å². The molecule has 0 saturated heterocycles. The fourth-order valence-electron chi connectivity index (χ4n) is 6.56. The third kappa shape index (κ3) is 5.48. The highest BCUT2D eigenvalue weighted by molar-refractivity contribution is 7.26. The lowest BCUT2D eigenvalue weighted by molar-refractivity contribution is 1.08. The molecule has 2 heterocycles. The van der Waals surface area contributed by atoms with Crippen LogP contribution in [-0.2, 0) is 0 Å². The quantitative estimate of drug-likeness (QED) is 0.181. The Morgan fingerprint density at radius 3 is 1.53 bits per heavy atom. The van der Waals surface area contributed by atoms with Gasteiger partial charge in [0.1, 0.15) is 0 Å². The standard InChI is InChI=1S/C45H29N3S/c1-3-14-30(15-4-1)32-18-11-19-33(28-32)34-20-12-21-35(29-34)36-22-7-8-24-39(36)44-46-43(31-16-5-2-6-17-31)47-45(48-44)40-26-13-25-38-37-23-9-10-27-41(37)49-42(38)40/h1-29H. The van der Waals surface area contributed by atoms with Crippen LogP contribution in [0.25, 0.3) is 87.7 Å². The highest BCUT2D eigenvalue weighted by Crippen LogP contribution is 2.40. The average Bonchev–Trinajstić information content (AvgIpc) is 3.58. The van der Waals surface area contributed by atoms with E-state index in [0.717, 1.165) is 33.4 Å². The molecule has 0 fully saturated rings. The van der Waals surface area contributed by atoms with Gasteiger partial charge in [-0.3, -0.25) is 0 Å². The summed E-state index contributed by atoms with van der Waals surface area (Å²) in [5.74, 6) is 1.97. The Bertz CT molecular complexity index is 2610. The zero-order chi connectivity index (χ0) is 32.6. The van der Waals surface area contributed by atoms with Crippen LogP contribution >= 0.6 is 11.3 Å². The van der Waals surface area contributed by atoms with Crippen molar-refractivity contribution in [3.8, 4) is 67.5 Å². The Labute approximate surface area is 288 Å². The molecule has 0 aliphatic carbocycles. The van der Waals surface area contributed by atoms with E-state index < -0.39 is 0 Å². The zero-order valence-corrected chi connectivity index (χ0v) is 27.3. The Kier molecular flexibility index (Phi) is 7.34. The summed E-state index contributed by atoms with van der Waals surface area (Å²) in [4.78, 5) is 15.4. The van der Waals surface area contributed by atoms with Crippen LogP contribution in [-0.4, -0.2) is 15.0 Å². The second-order valence-electron chi connectivity index (χ2n) is 12.0. The molecule has 0 aliphatic rings. The third-order valence-corrected chi connectivity index (χ3v) is 10.2. The van der Waals surface area contributed by atoms with Gasteiger partial charge in [0.05, 0.1) is 0 Å². The average molecular weight is 644 g/mol. The predicted octanol–water partition coefficient (Wildman–Crippen LogP) is 12.2. The molecule has 0 aliphatic heterocycles. The number of benzene rings is 7. The molecular weight excluding hydrogens is 615 g/mol. The SMILES string of the molecule is c1ccc(-c2cccc(-c3cccc(-c4ccccc4-c4nc(-c5ccccc5)nc(-c5cccc6c5sc5ccccc56)n4)c3)c2)cc1. The number of fused-ring (bicyclic) bond motifs is 3. The molecule has 0 amide bonds. The summed E-state index contributed by atoms with van der Waals surface area (Å²) in [5, 5.41) is 2.47. The van der Waals surface area contributed by atoms with Gasteiger partial charge in [-0.05, 0) is 57.6 Å². The first-order valence-corrected chi connectivity index (χ1v) is 17.2. The van der Waals surface area contributed by atoms with Gasteiger partial charge in [0.2, 0.25) is 0 Å².